The molecule has 0 amide bonds. The average Bonchev–Trinajstić information content (AvgIpc) is 3.69. The molecule has 5 heteroatoms. The van der Waals surface area contributed by atoms with Crippen molar-refractivity contribution in [1.29, 1.82) is 0 Å². The van der Waals surface area contributed by atoms with E-state index in [-0.39, 0.29) is 0 Å². The zero-order valence-electron chi connectivity index (χ0n) is 24.6. The van der Waals surface area contributed by atoms with E-state index < -0.39 is 0 Å². The Kier molecular flexibility index (Phi) is 6.28. The molecule has 46 heavy (non-hydrogen) atoms. The quantitative estimate of drug-likeness (QED) is 0.188. The van der Waals surface area contributed by atoms with Crippen LogP contribution in [-0.2, 0) is 0 Å². The lowest BCUT2D eigenvalue weighted by molar-refractivity contribution is 0.483. The Morgan fingerprint density at radius 3 is 1.96 bits per heavy atom. The predicted octanol–water partition coefficient (Wildman–Crippen LogP) is 12.3. The van der Waals surface area contributed by atoms with Gasteiger partial charge < -0.3 is 14.1 Å². The Morgan fingerprint density at radius 1 is 0.543 bits per heavy atom. The molecule has 9 rings (SSSR count). The summed E-state index contributed by atoms with van der Waals surface area (Å²) in [6.45, 7) is 0. The molecule has 6 aromatic carbocycles. The van der Waals surface area contributed by atoms with Crippen molar-refractivity contribution in [3.63, 3.8) is 0 Å². The second-order valence-corrected chi connectivity index (χ2v) is 12.3. The van der Waals surface area contributed by atoms with E-state index in [1.807, 2.05) is 73.1 Å². The lowest BCUT2D eigenvalue weighted by Gasteiger charge is -2.27. The highest BCUT2D eigenvalue weighted by atomic mass is 32.1. The van der Waals surface area contributed by atoms with Crippen LogP contribution < -0.4 is 9.64 Å². The van der Waals surface area contributed by atoms with Crippen molar-refractivity contribution in [3.8, 4) is 22.6 Å². The van der Waals surface area contributed by atoms with Gasteiger partial charge in [0.2, 0.25) is 0 Å². The van der Waals surface area contributed by atoms with Gasteiger partial charge in [-0.25, -0.2) is 0 Å². The average molecular weight is 611 g/mol. The monoisotopic (exact) mass is 610 g/mol. The third kappa shape index (κ3) is 4.48. The largest absolute Gasteiger partial charge is 0.457 e. The van der Waals surface area contributed by atoms with Crippen LogP contribution >= 0.6 is 11.3 Å². The lowest BCUT2D eigenvalue weighted by atomic mass is 10.0. The fourth-order valence-corrected chi connectivity index (χ4v) is 7.45. The minimum atomic E-state index is 0.779. The number of thiophene rings is 1. The molecule has 0 fully saturated rings. The number of hydrogen-bond donors (Lipinski definition) is 0. The maximum absolute atomic E-state index is 6.71. The van der Waals surface area contributed by atoms with Gasteiger partial charge in [0.05, 0.1) is 11.1 Å². The normalized spacial score (nSPS) is 11.5. The number of furan rings is 1. The summed E-state index contributed by atoms with van der Waals surface area (Å²) in [4.78, 5) is 6.52. The number of anilines is 3. The second kappa shape index (κ2) is 10.9. The maximum atomic E-state index is 6.71. The first kappa shape index (κ1) is 26.5. The Bertz CT molecular complexity index is 2480. The van der Waals surface area contributed by atoms with Crippen LogP contribution in [0.1, 0.15) is 0 Å². The third-order valence-electron chi connectivity index (χ3n) is 8.42. The summed E-state index contributed by atoms with van der Waals surface area (Å²) < 4.78 is 15.3. The number of ether oxygens (including phenoxy) is 1. The first-order chi connectivity index (χ1) is 22.8. The maximum Gasteiger partial charge on any atom is 0.146 e. The first-order valence-electron chi connectivity index (χ1n) is 15.2. The Balaban J connectivity index is 1.28. The number of benzene rings is 6. The molecule has 0 aliphatic heterocycles. The molecule has 0 bridgehead atoms. The van der Waals surface area contributed by atoms with Crippen LogP contribution in [0.3, 0.4) is 0 Å². The number of hydrogen-bond acceptors (Lipinski definition) is 5. The smallest absolute Gasteiger partial charge is 0.146 e. The van der Waals surface area contributed by atoms with E-state index in [9.17, 15) is 0 Å². The van der Waals surface area contributed by atoms with Gasteiger partial charge in [0, 0.05) is 49.3 Å². The van der Waals surface area contributed by atoms with Crippen LogP contribution in [0.5, 0.6) is 11.5 Å². The van der Waals surface area contributed by atoms with E-state index in [1.54, 1.807) is 11.3 Å². The SMILES string of the molecule is c1ccc(Oc2ccc(N(c3ccc(-c4ccncc4)cc3)c3cc4sc5ccccc5c4c4oc5ccccc5c34)cc2)cc1. The van der Waals surface area contributed by atoms with Gasteiger partial charge in [-0.3, -0.25) is 4.98 Å². The van der Waals surface area contributed by atoms with Gasteiger partial charge in [0.15, 0.2) is 0 Å². The molecule has 0 atom stereocenters. The number of nitrogens with zero attached hydrogens (tertiary/aromatic N) is 2. The fraction of sp³-hybridized carbons (Fsp3) is 0. The van der Waals surface area contributed by atoms with Crippen LogP contribution in [0, 0.1) is 0 Å². The number of aromatic nitrogens is 1. The van der Waals surface area contributed by atoms with E-state index in [2.05, 4.69) is 94.8 Å². The highest BCUT2D eigenvalue weighted by molar-refractivity contribution is 7.26. The van der Waals surface area contributed by atoms with Gasteiger partial charge in [-0.1, -0.05) is 66.7 Å². The van der Waals surface area contributed by atoms with Gasteiger partial charge in [-0.2, -0.15) is 0 Å². The van der Waals surface area contributed by atoms with E-state index in [4.69, 9.17) is 9.15 Å². The van der Waals surface area contributed by atoms with Crippen molar-refractivity contribution >= 4 is 70.5 Å². The zero-order valence-corrected chi connectivity index (χ0v) is 25.4. The van der Waals surface area contributed by atoms with Crippen LogP contribution in [0.15, 0.2) is 162 Å². The summed E-state index contributed by atoms with van der Waals surface area (Å²) in [6, 6.07) is 50.2. The summed E-state index contributed by atoms with van der Waals surface area (Å²) in [7, 11) is 0. The van der Waals surface area contributed by atoms with Crippen molar-refractivity contribution in [2.75, 3.05) is 4.90 Å². The highest BCUT2D eigenvalue weighted by Crippen LogP contribution is 2.49. The van der Waals surface area contributed by atoms with Crippen LogP contribution in [-0.4, -0.2) is 4.98 Å². The molecule has 0 aliphatic rings. The Hall–Kier alpha value is -5.91. The summed E-state index contributed by atoms with van der Waals surface area (Å²) in [6.07, 6.45) is 3.66. The van der Waals surface area contributed by atoms with Gasteiger partial charge in [0.25, 0.3) is 0 Å². The molecule has 0 unspecified atom stereocenters. The molecule has 0 saturated carbocycles. The van der Waals surface area contributed by atoms with Gasteiger partial charge in [0.1, 0.15) is 22.7 Å². The van der Waals surface area contributed by atoms with Crippen LogP contribution in [0.4, 0.5) is 17.1 Å². The molecular formula is C41H26N2O2S. The zero-order chi connectivity index (χ0) is 30.5. The fourth-order valence-electron chi connectivity index (χ4n) is 6.31. The Morgan fingerprint density at radius 2 is 1.17 bits per heavy atom. The number of fused-ring (bicyclic) bond motifs is 7. The van der Waals surface area contributed by atoms with E-state index in [0.717, 1.165) is 67.0 Å². The van der Waals surface area contributed by atoms with Gasteiger partial charge in [-0.15, -0.1) is 11.3 Å². The number of rotatable bonds is 6. The third-order valence-corrected chi connectivity index (χ3v) is 9.54. The Labute approximate surface area is 269 Å². The van der Waals surface area contributed by atoms with Gasteiger partial charge >= 0.3 is 0 Å². The molecule has 0 spiro atoms. The summed E-state index contributed by atoms with van der Waals surface area (Å²) in [5.74, 6) is 1.59. The molecule has 218 valence electrons. The van der Waals surface area contributed by atoms with E-state index >= 15 is 0 Å². The van der Waals surface area contributed by atoms with Crippen molar-refractivity contribution in [2.45, 2.75) is 0 Å². The lowest BCUT2D eigenvalue weighted by Crippen LogP contribution is -2.10. The number of para-hydroxylation sites is 2. The van der Waals surface area contributed by atoms with Crippen LogP contribution in [0.25, 0.3) is 53.2 Å². The second-order valence-electron chi connectivity index (χ2n) is 11.2. The molecular weight excluding hydrogens is 585 g/mol. The van der Waals surface area contributed by atoms with E-state index in [0.29, 0.717) is 0 Å². The summed E-state index contributed by atoms with van der Waals surface area (Å²) >= 11 is 1.80. The molecule has 3 aromatic heterocycles. The molecule has 4 nitrogen and oxygen atoms in total. The standard InChI is InChI=1S/C41H26N2O2S/c1-2-8-31(9-3-1)44-32-20-18-30(19-21-32)43(29-16-14-27(15-17-29)28-22-24-42-25-23-28)35-26-38-40(34-11-5-7-13-37(34)46-38)41-39(35)33-10-4-6-12-36(33)45-41/h1-26H. The topological polar surface area (TPSA) is 38.5 Å². The van der Waals surface area contributed by atoms with E-state index in [1.165, 1.54) is 14.8 Å². The molecule has 0 aliphatic carbocycles. The minimum Gasteiger partial charge on any atom is -0.457 e. The molecule has 9 aromatic rings. The molecule has 3 heterocycles. The predicted molar refractivity (Wildman–Crippen MR) is 191 cm³/mol. The van der Waals surface area contributed by atoms with Crippen molar-refractivity contribution in [1.82, 2.24) is 4.98 Å². The molecule has 0 saturated heterocycles. The van der Waals surface area contributed by atoms with Crippen molar-refractivity contribution in [2.24, 2.45) is 0 Å². The van der Waals surface area contributed by atoms with Crippen molar-refractivity contribution in [3.05, 3.63) is 158 Å². The summed E-state index contributed by atoms with van der Waals surface area (Å²) in [5, 5.41) is 4.56. The van der Waals surface area contributed by atoms with Gasteiger partial charge in [-0.05, 0) is 90.0 Å². The first-order valence-corrected chi connectivity index (χ1v) is 16.0. The molecule has 0 N–H and O–H groups in total. The number of pyridine rings is 1. The van der Waals surface area contributed by atoms with Crippen LogP contribution in [0.2, 0.25) is 0 Å². The minimum absolute atomic E-state index is 0.779. The highest BCUT2D eigenvalue weighted by Gasteiger charge is 2.24. The summed E-state index contributed by atoms with van der Waals surface area (Å²) in [5.41, 5.74) is 7.18. The molecule has 0 radical (unpaired) electrons. The van der Waals surface area contributed by atoms with Crippen molar-refractivity contribution < 1.29 is 9.15 Å².